The molecule has 4 N–H and O–H groups in total. The molecule has 0 atom stereocenters. The van der Waals surface area contributed by atoms with Crippen LogP contribution >= 0.6 is 0 Å². The largest absolute Gasteiger partial charge is 0.495 e. The van der Waals surface area contributed by atoms with Gasteiger partial charge in [0.25, 0.3) is 5.91 Å². The lowest BCUT2D eigenvalue weighted by Gasteiger charge is -2.45. The second-order valence-corrected chi connectivity index (χ2v) is 12.4. The molecule has 1 aliphatic carbocycles. The van der Waals surface area contributed by atoms with Crippen molar-refractivity contribution in [3.05, 3.63) is 53.5 Å². The highest BCUT2D eigenvalue weighted by molar-refractivity contribution is 5.95. The summed E-state index contributed by atoms with van der Waals surface area (Å²) < 4.78 is 76.0. The fourth-order valence-corrected chi connectivity index (χ4v) is 6.41. The van der Waals surface area contributed by atoms with Crippen LogP contribution in [0.2, 0.25) is 0 Å². The van der Waals surface area contributed by atoms with Gasteiger partial charge in [-0.15, -0.1) is 0 Å². The third kappa shape index (κ3) is 10.0. The summed E-state index contributed by atoms with van der Waals surface area (Å²) in [6.07, 6.45) is 3.67. The number of amides is 1. The van der Waals surface area contributed by atoms with Crippen LogP contribution in [0.3, 0.4) is 0 Å². The van der Waals surface area contributed by atoms with Gasteiger partial charge in [-0.3, -0.25) is 9.18 Å². The number of halogens is 5. The van der Waals surface area contributed by atoms with Gasteiger partial charge in [0.15, 0.2) is 0 Å². The quantitative estimate of drug-likeness (QED) is 0.160. The summed E-state index contributed by atoms with van der Waals surface area (Å²) in [6, 6.07) is 9.67. The molecule has 1 spiro atoms. The molecule has 0 radical (unpaired) electrons. The summed E-state index contributed by atoms with van der Waals surface area (Å²) in [5.41, 5.74) is 2.24. The molecule has 13 heteroatoms. The Balaban J connectivity index is 0.000000416. The number of nitrogens with one attached hydrogen (secondary N) is 4. The van der Waals surface area contributed by atoms with Gasteiger partial charge in [0, 0.05) is 56.5 Å². The summed E-state index contributed by atoms with van der Waals surface area (Å²) in [5, 5.41) is 12.8. The van der Waals surface area contributed by atoms with Crippen LogP contribution in [0.5, 0.6) is 5.75 Å². The maximum atomic E-state index is 14.4. The van der Waals surface area contributed by atoms with Gasteiger partial charge < -0.3 is 35.3 Å². The Bertz CT molecular complexity index is 1600. The minimum atomic E-state index is -4.43. The van der Waals surface area contributed by atoms with Crippen molar-refractivity contribution >= 4 is 28.2 Å². The Kier molecular flexibility index (Phi) is 13.6. The van der Waals surface area contributed by atoms with E-state index < -0.39 is 24.4 Å². The van der Waals surface area contributed by atoms with Crippen molar-refractivity contribution < 1.29 is 36.2 Å². The molecule has 3 aliphatic rings. The third-order valence-corrected chi connectivity index (χ3v) is 9.15. The molecule has 1 saturated carbocycles. The standard InChI is InChI=1S/C28H30F4N4O2.C7H13NO.CH3F/c1-33-27(37)20-15-26(38-2)24(16-22(20)29)34-13-7-10-19-14-21-23(35-18-8-4-3-5-9-18)11-6-12-25(21)36(19)17-28(30,31)32;1-3-9-4-2-7(1)5-8-6-7;1-2/h6,11-12,14-16,18,34-35H,3-5,8-9,13,17H2,1-2H3,(H,33,37);8H,1-6H2;1H3. The first-order chi connectivity index (χ1) is 23.6. The zero-order chi connectivity index (χ0) is 35.4. The van der Waals surface area contributed by atoms with Crippen molar-refractivity contribution in [1.82, 2.24) is 15.2 Å². The Hall–Kier alpha value is -4.02. The normalized spacial score (nSPS) is 16.9. The molecule has 0 unspecified atom stereocenters. The Morgan fingerprint density at radius 1 is 1.08 bits per heavy atom. The summed E-state index contributed by atoms with van der Waals surface area (Å²) >= 11 is 0. The van der Waals surface area contributed by atoms with E-state index in [4.69, 9.17) is 9.47 Å². The number of benzene rings is 2. The highest BCUT2D eigenvalue weighted by Crippen LogP contribution is 2.34. The number of methoxy groups -OCH3 is 1. The van der Waals surface area contributed by atoms with Crippen LogP contribution in [0.25, 0.3) is 10.9 Å². The van der Waals surface area contributed by atoms with Gasteiger partial charge in [-0.25, -0.2) is 4.39 Å². The maximum absolute atomic E-state index is 14.4. The molecule has 1 amide bonds. The van der Waals surface area contributed by atoms with Gasteiger partial charge >= 0.3 is 6.18 Å². The average molecular weight is 692 g/mol. The Labute approximate surface area is 284 Å². The lowest BCUT2D eigenvalue weighted by Crippen LogP contribution is -2.55. The van der Waals surface area contributed by atoms with Crippen molar-refractivity contribution in [3.63, 3.8) is 0 Å². The van der Waals surface area contributed by atoms with Crippen LogP contribution in [0.1, 0.15) is 61.0 Å². The first-order valence-corrected chi connectivity index (χ1v) is 16.6. The van der Waals surface area contributed by atoms with Crippen molar-refractivity contribution in [3.8, 4) is 17.6 Å². The minimum absolute atomic E-state index is 0.00977. The lowest BCUT2D eigenvalue weighted by molar-refractivity contribution is -0.140. The number of rotatable bonds is 7. The summed E-state index contributed by atoms with van der Waals surface area (Å²) in [4.78, 5) is 11.8. The topological polar surface area (TPSA) is 88.6 Å². The van der Waals surface area contributed by atoms with Crippen molar-refractivity contribution in [2.24, 2.45) is 5.41 Å². The second kappa shape index (κ2) is 17.6. The molecule has 49 heavy (non-hydrogen) atoms. The number of ether oxygens (including phenoxy) is 2. The fourth-order valence-electron chi connectivity index (χ4n) is 6.41. The van der Waals surface area contributed by atoms with E-state index in [1.54, 1.807) is 18.2 Å². The lowest BCUT2D eigenvalue weighted by atomic mass is 9.75. The number of alkyl halides is 4. The van der Waals surface area contributed by atoms with E-state index in [2.05, 4.69) is 33.1 Å². The molecule has 2 saturated heterocycles. The first-order valence-electron chi connectivity index (χ1n) is 16.6. The van der Waals surface area contributed by atoms with Crippen LogP contribution in [0.15, 0.2) is 36.4 Å². The van der Waals surface area contributed by atoms with Crippen LogP contribution in [-0.2, 0) is 11.3 Å². The monoisotopic (exact) mass is 691 g/mol. The molecule has 2 aliphatic heterocycles. The number of fused-ring (bicyclic) bond motifs is 1. The number of hydrogen-bond donors (Lipinski definition) is 4. The zero-order valence-corrected chi connectivity index (χ0v) is 28.3. The number of anilines is 2. The van der Waals surface area contributed by atoms with Gasteiger partial charge in [-0.05, 0) is 61.3 Å². The molecule has 268 valence electrons. The summed E-state index contributed by atoms with van der Waals surface area (Å²) in [6.45, 7) is 3.28. The van der Waals surface area contributed by atoms with E-state index in [1.807, 2.05) is 6.07 Å². The molecule has 0 bridgehead atoms. The van der Waals surface area contributed by atoms with Gasteiger partial charge in [0.2, 0.25) is 0 Å². The third-order valence-electron chi connectivity index (χ3n) is 9.15. The van der Waals surface area contributed by atoms with Gasteiger partial charge in [0.1, 0.15) is 18.1 Å². The smallest absolute Gasteiger partial charge is 0.406 e. The molecular formula is C36H46F5N5O3. The number of carbonyl (C=O) groups is 1. The van der Waals surface area contributed by atoms with Gasteiger partial charge in [-0.2, -0.15) is 13.2 Å². The highest BCUT2D eigenvalue weighted by atomic mass is 19.4. The van der Waals surface area contributed by atoms with E-state index in [9.17, 15) is 26.7 Å². The molecule has 6 rings (SSSR count). The van der Waals surface area contributed by atoms with Crippen molar-refractivity contribution in [1.29, 1.82) is 0 Å². The van der Waals surface area contributed by atoms with E-state index >= 15 is 0 Å². The van der Waals surface area contributed by atoms with Gasteiger partial charge in [-0.1, -0.05) is 31.2 Å². The minimum Gasteiger partial charge on any atom is -0.495 e. The van der Waals surface area contributed by atoms with Crippen molar-refractivity contribution in [2.45, 2.75) is 63.7 Å². The van der Waals surface area contributed by atoms with E-state index in [0.717, 1.165) is 50.7 Å². The number of nitrogens with zero attached hydrogens (tertiary/aromatic N) is 1. The molecule has 3 heterocycles. The average Bonchev–Trinajstić information content (AvgIpc) is 3.44. The molecule has 8 nitrogen and oxygen atoms in total. The Morgan fingerprint density at radius 3 is 2.39 bits per heavy atom. The van der Waals surface area contributed by atoms with E-state index in [-0.39, 0.29) is 29.2 Å². The predicted molar refractivity (Wildman–Crippen MR) is 183 cm³/mol. The first kappa shape index (κ1) is 37.8. The fraction of sp³-hybridized carbons (Fsp3) is 0.528. The highest BCUT2D eigenvalue weighted by Gasteiger charge is 2.37. The molecule has 3 fully saturated rings. The summed E-state index contributed by atoms with van der Waals surface area (Å²) in [7, 11) is 3.27. The van der Waals surface area contributed by atoms with Gasteiger partial charge in [0.05, 0.1) is 43.3 Å². The Morgan fingerprint density at radius 2 is 1.80 bits per heavy atom. The predicted octanol–water partition coefficient (Wildman–Crippen LogP) is 6.89. The van der Waals surface area contributed by atoms with Crippen LogP contribution in [-0.4, -0.2) is 76.9 Å². The summed E-state index contributed by atoms with van der Waals surface area (Å²) in [5.74, 6) is 4.56. The maximum Gasteiger partial charge on any atom is 0.406 e. The number of hydrogen-bond acceptors (Lipinski definition) is 6. The number of aromatic nitrogens is 1. The van der Waals surface area contributed by atoms with Crippen LogP contribution in [0.4, 0.5) is 33.3 Å². The van der Waals surface area contributed by atoms with E-state index in [1.165, 1.54) is 57.1 Å². The molecular weight excluding hydrogens is 645 g/mol. The van der Waals surface area contributed by atoms with Crippen LogP contribution < -0.4 is 26.0 Å². The van der Waals surface area contributed by atoms with E-state index in [0.29, 0.717) is 29.5 Å². The second-order valence-electron chi connectivity index (χ2n) is 12.4. The molecule has 2 aromatic carbocycles. The SMILES string of the molecule is C1CC2(CCO1)CNC2.CF.CNC(=O)c1cc(OC)c(NCC#Cc2cc3c(NC4CCCCC4)cccc3n2CC(F)(F)F)cc1F. The van der Waals surface area contributed by atoms with Crippen molar-refractivity contribution in [2.75, 3.05) is 64.8 Å². The number of carbonyl (C=O) groups excluding carboxylic acids is 1. The van der Waals surface area contributed by atoms with Crippen LogP contribution in [0, 0.1) is 23.1 Å². The molecule has 3 aromatic rings. The molecule has 1 aromatic heterocycles. The zero-order valence-electron chi connectivity index (χ0n) is 28.3.